The number of carbonyl (C=O) groups is 2. The van der Waals surface area contributed by atoms with Crippen LogP contribution in [0.5, 0.6) is 0 Å². The van der Waals surface area contributed by atoms with E-state index in [2.05, 4.69) is 4.98 Å². The van der Waals surface area contributed by atoms with E-state index in [1.54, 1.807) is 26.4 Å². The fraction of sp³-hybridized carbons (Fsp3) is 0.588. The van der Waals surface area contributed by atoms with E-state index >= 15 is 0 Å². The van der Waals surface area contributed by atoms with Crippen LogP contribution in [-0.4, -0.2) is 39.8 Å². The van der Waals surface area contributed by atoms with Crippen LogP contribution in [-0.2, 0) is 19.1 Å². The van der Waals surface area contributed by atoms with Gasteiger partial charge in [0.2, 0.25) is 5.76 Å². The zero-order valence-electron chi connectivity index (χ0n) is 14.2. The maximum Gasteiger partial charge on any atom is 0.374 e. The molecular formula is C17H24N2O5. The highest BCUT2D eigenvalue weighted by molar-refractivity contribution is 6.21. The minimum atomic E-state index is -0.965. The summed E-state index contributed by atoms with van der Waals surface area (Å²) in [4.78, 5) is 28.2. The minimum Gasteiger partial charge on any atom is -0.501 e. The number of carbonyl (C=O) groups excluding carboxylic acids is 2. The number of aliphatic hydroxyl groups is 1. The Labute approximate surface area is 141 Å². The average molecular weight is 336 g/mol. The van der Waals surface area contributed by atoms with Crippen LogP contribution in [0.15, 0.2) is 18.3 Å². The van der Waals surface area contributed by atoms with Gasteiger partial charge in [-0.3, -0.25) is 0 Å². The number of imidazole rings is 1. The van der Waals surface area contributed by atoms with Crippen molar-refractivity contribution in [3.8, 4) is 0 Å². The van der Waals surface area contributed by atoms with E-state index in [-0.39, 0.29) is 24.5 Å². The van der Waals surface area contributed by atoms with E-state index in [9.17, 15) is 14.7 Å². The Morgan fingerprint density at radius 3 is 2.42 bits per heavy atom. The lowest BCUT2D eigenvalue weighted by Crippen LogP contribution is -2.16. The largest absolute Gasteiger partial charge is 0.501 e. The van der Waals surface area contributed by atoms with Crippen molar-refractivity contribution in [2.45, 2.75) is 52.0 Å². The molecule has 0 atom stereocenters. The third-order valence-corrected chi connectivity index (χ3v) is 4.04. The van der Waals surface area contributed by atoms with Crippen molar-refractivity contribution in [1.82, 2.24) is 9.55 Å². The van der Waals surface area contributed by atoms with E-state index in [1.807, 2.05) is 4.57 Å². The highest BCUT2D eigenvalue weighted by Crippen LogP contribution is 2.29. The van der Waals surface area contributed by atoms with Crippen molar-refractivity contribution >= 4 is 17.5 Å². The van der Waals surface area contributed by atoms with Crippen molar-refractivity contribution in [2.75, 3.05) is 13.2 Å². The summed E-state index contributed by atoms with van der Waals surface area (Å²) >= 11 is 0. The fourth-order valence-corrected chi connectivity index (χ4v) is 2.87. The Kier molecular flexibility index (Phi) is 6.40. The third kappa shape index (κ3) is 4.15. The Hall–Kier alpha value is -2.31. The normalized spacial score (nSPS) is 16.4. The molecule has 1 aliphatic rings. The fourth-order valence-electron chi connectivity index (χ4n) is 2.87. The molecule has 1 aromatic heterocycles. The van der Waals surface area contributed by atoms with Gasteiger partial charge in [0.15, 0.2) is 0 Å². The molecule has 1 aliphatic carbocycles. The Morgan fingerprint density at radius 1 is 1.17 bits per heavy atom. The van der Waals surface area contributed by atoms with Crippen LogP contribution in [0, 0.1) is 0 Å². The molecule has 1 saturated carbocycles. The zero-order valence-corrected chi connectivity index (χ0v) is 14.2. The molecule has 0 aliphatic heterocycles. The lowest BCUT2D eigenvalue weighted by Gasteiger charge is -2.22. The molecular weight excluding hydrogens is 312 g/mol. The SMILES string of the molecule is CCOC(=O)/C(O)=C(/C(=O)OCC)c1cn(C2CCCCC2)cn1. The molecule has 1 N–H and O–H groups in total. The summed E-state index contributed by atoms with van der Waals surface area (Å²) in [5.41, 5.74) is -0.0468. The molecule has 0 aromatic carbocycles. The molecule has 7 nitrogen and oxygen atoms in total. The molecule has 7 heteroatoms. The lowest BCUT2D eigenvalue weighted by atomic mass is 9.95. The van der Waals surface area contributed by atoms with Gasteiger partial charge in [-0.25, -0.2) is 14.6 Å². The third-order valence-electron chi connectivity index (χ3n) is 4.04. The van der Waals surface area contributed by atoms with Crippen molar-refractivity contribution in [3.63, 3.8) is 0 Å². The second kappa shape index (κ2) is 8.52. The molecule has 0 saturated heterocycles. The number of aromatic nitrogens is 2. The second-order valence-corrected chi connectivity index (χ2v) is 5.66. The van der Waals surface area contributed by atoms with Crippen molar-refractivity contribution in [3.05, 3.63) is 24.0 Å². The van der Waals surface area contributed by atoms with Gasteiger partial charge in [0.1, 0.15) is 5.57 Å². The highest BCUT2D eigenvalue weighted by Gasteiger charge is 2.27. The van der Waals surface area contributed by atoms with Gasteiger partial charge in [-0.2, -0.15) is 0 Å². The molecule has 132 valence electrons. The van der Waals surface area contributed by atoms with Crippen molar-refractivity contribution < 1.29 is 24.2 Å². The summed E-state index contributed by atoms with van der Waals surface area (Å²) in [5.74, 6) is -2.53. The second-order valence-electron chi connectivity index (χ2n) is 5.66. The van der Waals surface area contributed by atoms with Gasteiger partial charge in [0, 0.05) is 12.2 Å². The first kappa shape index (κ1) is 18.0. The molecule has 0 unspecified atom stereocenters. The standard InChI is InChI=1S/C17H24N2O5/c1-3-23-16(21)14(15(20)17(22)24-4-2)13-10-19(11-18-13)12-8-6-5-7-9-12/h10-12,20H,3-9H2,1-2H3/b15-14-. The number of hydrogen-bond acceptors (Lipinski definition) is 6. The van der Waals surface area contributed by atoms with Gasteiger partial charge in [0.05, 0.1) is 25.2 Å². The molecule has 1 aromatic rings. The first-order valence-corrected chi connectivity index (χ1v) is 8.39. The maximum atomic E-state index is 12.2. The van der Waals surface area contributed by atoms with E-state index in [0.29, 0.717) is 6.04 Å². The number of aliphatic hydroxyl groups excluding tert-OH is 1. The Balaban J connectivity index is 2.33. The van der Waals surface area contributed by atoms with Crippen LogP contribution in [0.3, 0.4) is 0 Å². The molecule has 0 radical (unpaired) electrons. The minimum absolute atomic E-state index is 0.0928. The number of esters is 2. The molecule has 2 rings (SSSR count). The predicted octanol–water partition coefficient (Wildman–Crippen LogP) is 2.78. The number of ether oxygens (including phenoxy) is 2. The Morgan fingerprint density at radius 2 is 1.79 bits per heavy atom. The van der Waals surface area contributed by atoms with Gasteiger partial charge >= 0.3 is 11.9 Å². The molecule has 0 amide bonds. The maximum absolute atomic E-state index is 12.2. The van der Waals surface area contributed by atoms with Gasteiger partial charge in [-0.15, -0.1) is 0 Å². The number of rotatable bonds is 6. The quantitative estimate of drug-likeness (QED) is 0.488. The monoisotopic (exact) mass is 336 g/mol. The van der Waals surface area contributed by atoms with Gasteiger partial charge in [-0.05, 0) is 26.7 Å². The van der Waals surface area contributed by atoms with E-state index in [4.69, 9.17) is 9.47 Å². The summed E-state index contributed by atoms with van der Waals surface area (Å²) in [6, 6.07) is 0.327. The van der Waals surface area contributed by atoms with Crippen LogP contribution >= 0.6 is 0 Å². The summed E-state index contributed by atoms with van der Waals surface area (Å²) < 4.78 is 11.7. The van der Waals surface area contributed by atoms with E-state index < -0.39 is 17.7 Å². The summed E-state index contributed by atoms with van der Waals surface area (Å²) in [6.45, 7) is 3.49. The molecule has 1 fully saturated rings. The molecule has 0 bridgehead atoms. The summed E-state index contributed by atoms with van der Waals surface area (Å²) in [7, 11) is 0. The Bertz CT molecular complexity index is 614. The van der Waals surface area contributed by atoms with Gasteiger partial charge in [0.25, 0.3) is 0 Å². The number of nitrogens with zero attached hydrogens (tertiary/aromatic N) is 2. The smallest absolute Gasteiger partial charge is 0.374 e. The first-order chi connectivity index (χ1) is 11.6. The van der Waals surface area contributed by atoms with Crippen molar-refractivity contribution in [2.24, 2.45) is 0 Å². The van der Waals surface area contributed by atoms with Crippen LogP contribution in [0.4, 0.5) is 0 Å². The first-order valence-electron chi connectivity index (χ1n) is 8.39. The lowest BCUT2D eigenvalue weighted by molar-refractivity contribution is -0.142. The summed E-state index contributed by atoms with van der Waals surface area (Å²) in [6.07, 6.45) is 8.96. The van der Waals surface area contributed by atoms with Gasteiger partial charge < -0.3 is 19.1 Å². The van der Waals surface area contributed by atoms with Crippen LogP contribution in [0.25, 0.3) is 5.57 Å². The number of hydrogen-bond donors (Lipinski definition) is 1. The predicted molar refractivity (Wildman–Crippen MR) is 87.2 cm³/mol. The topological polar surface area (TPSA) is 90.6 Å². The summed E-state index contributed by atoms with van der Waals surface area (Å²) in [5, 5.41) is 10.1. The highest BCUT2D eigenvalue weighted by atomic mass is 16.5. The van der Waals surface area contributed by atoms with E-state index in [0.717, 1.165) is 25.7 Å². The zero-order chi connectivity index (χ0) is 17.5. The van der Waals surface area contributed by atoms with E-state index in [1.165, 1.54) is 6.42 Å². The van der Waals surface area contributed by atoms with Gasteiger partial charge in [-0.1, -0.05) is 19.3 Å². The van der Waals surface area contributed by atoms with Crippen molar-refractivity contribution in [1.29, 1.82) is 0 Å². The average Bonchev–Trinajstić information content (AvgIpc) is 3.06. The molecule has 0 spiro atoms. The van der Waals surface area contributed by atoms with Crippen LogP contribution < -0.4 is 0 Å². The molecule has 1 heterocycles. The van der Waals surface area contributed by atoms with Crippen LogP contribution in [0.2, 0.25) is 0 Å². The molecule has 24 heavy (non-hydrogen) atoms. The van der Waals surface area contributed by atoms with Crippen LogP contribution in [0.1, 0.15) is 57.7 Å².